The Kier molecular flexibility index (Phi) is 4.24. The highest BCUT2D eigenvalue weighted by Crippen LogP contribution is 2.37. The highest BCUT2D eigenvalue weighted by Gasteiger charge is 2.39. The largest absolute Gasteiger partial charge is 0.334 e. The van der Waals surface area contributed by atoms with Gasteiger partial charge >= 0.3 is 0 Å². The zero-order valence-corrected chi connectivity index (χ0v) is 15.7. The Morgan fingerprint density at radius 3 is 2.33 bits per heavy atom. The van der Waals surface area contributed by atoms with Gasteiger partial charge in [0.25, 0.3) is 15.9 Å². The van der Waals surface area contributed by atoms with Crippen LogP contribution in [0.5, 0.6) is 0 Å². The van der Waals surface area contributed by atoms with Crippen LogP contribution in [0.25, 0.3) is 11.5 Å². The van der Waals surface area contributed by atoms with Crippen LogP contribution in [0.2, 0.25) is 0 Å². The monoisotopic (exact) mass is 384 g/mol. The van der Waals surface area contributed by atoms with Crippen molar-refractivity contribution < 1.29 is 12.9 Å². The predicted molar refractivity (Wildman–Crippen MR) is 101 cm³/mol. The van der Waals surface area contributed by atoms with Crippen LogP contribution in [0.4, 0.5) is 5.69 Å². The lowest BCUT2D eigenvalue weighted by Crippen LogP contribution is -2.44. The van der Waals surface area contributed by atoms with Gasteiger partial charge in [0.2, 0.25) is 0 Å². The van der Waals surface area contributed by atoms with Crippen LogP contribution in [0, 0.1) is 6.92 Å². The number of anilines is 1. The molecule has 1 aliphatic carbocycles. The van der Waals surface area contributed by atoms with Gasteiger partial charge in [0.1, 0.15) is 0 Å². The molecular formula is C19H20N4O3S. The standard InChI is InChI=1S/C19H20N4O3S/c1-13-3-7-15(8-4-13)23-27(24,25)16-9-5-14(6-10-16)17-21-18(22-26-17)19(20)11-2-12-19/h3-10,23H,2,11-12,20H2,1H3. The van der Waals surface area contributed by atoms with Gasteiger partial charge in [-0.05, 0) is 62.6 Å². The number of nitrogens with two attached hydrogens (primary N) is 1. The topological polar surface area (TPSA) is 111 Å². The number of sulfonamides is 1. The van der Waals surface area contributed by atoms with Gasteiger partial charge in [-0.3, -0.25) is 4.72 Å². The third kappa shape index (κ3) is 3.45. The lowest BCUT2D eigenvalue weighted by Gasteiger charge is -2.34. The van der Waals surface area contributed by atoms with E-state index in [9.17, 15) is 8.42 Å². The molecule has 27 heavy (non-hydrogen) atoms. The van der Waals surface area contributed by atoms with Crippen LogP contribution in [-0.2, 0) is 15.6 Å². The van der Waals surface area contributed by atoms with E-state index >= 15 is 0 Å². The van der Waals surface area contributed by atoms with Crippen molar-refractivity contribution in [1.82, 2.24) is 10.1 Å². The number of aromatic nitrogens is 2. The number of rotatable bonds is 5. The van der Waals surface area contributed by atoms with Gasteiger partial charge in [-0.15, -0.1) is 0 Å². The van der Waals surface area contributed by atoms with Crippen molar-refractivity contribution in [2.75, 3.05) is 4.72 Å². The maximum absolute atomic E-state index is 12.5. The first-order valence-corrected chi connectivity index (χ1v) is 10.2. The van der Waals surface area contributed by atoms with Gasteiger partial charge in [0.05, 0.1) is 10.4 Å². The molecule has 7 nitrogen and oxygen atoms in total. The summed E-state index contributed by atoms with van der Waals surface area (Å²) in [7, 11) is -3.67. The molecule has 0 atom stereocenters. The van der Waals surface area contributed by atoms with Gasteiger partial charge in [0, 0.05) is 11.3 Å². The first-order chi connectivity index (χ1) is 12.9. The average molecular weight is 384 g/mol. The number of aryl methyl sites for hydroxylation is 1. The van der Waals surface area contributed by atoms with Gasteiger partial charge in [-0.1, -0.05) is 22.9 Å². The van der Waals surface area contributed by atoms with Crippen molar-refractivity contribution in [2.45, 2.75) is 36.6 Å². The molecule has 3 N–H and O–H groups in total. The Labute approximate surface area is 157 Å². The molecule has 8 heteroatoms. The van der Waals surface area contributed by atoms with Gasteiger partial charge in [-0.25, -0.2) is 8.42 Å². The van der Waals surface area contributed by atoms with Crippen LogP contribution in [-0.4, -0.2) is 18.6 Å². The molecule has 1 aliphatic rings. The molecule has 0 aliphatic heterocycles. The van der Waals surface area contributed by atoms with Crippen LogP contribution in [0.1, 0.15) is 30.7 Å². The molecule has 0 unspecified atom stereocenters. The molecule has 1 aromatic heterocycles. The molecule has 1 saturated carbocycles. The Morgan fingerprint density at radius 1 is 1.07 bits per heavy atom. The second kappa shape index (κ2) is 6.47. The van der Waals surface area contributed by atoms with E-state index in [-0.39, 0.29) is 4.90 Å². The summed E-state index contributed by atoms with van der Waals surface area (Å²) in [5, 5.41) is 3.98. The number of nitrogens with zero attached hydrogens (tertiary/aromatic N) is 2. The van der Waals surface area contributed by atoms with Crippen molar-refractivity contribution in [3.05, 3.63) is 59.9 Å². The Bertz CT molecular complexity index is 1050. The lowest BCUT2D eigenvalue weighted by molar-refractivity contribution is 0.229. The molecule has 4 rings (SSSR count). The van der Waals surface area contributed by atoms with Crippen molar-refractivity contribution in [1.29, 1.82) is 0 Å². The minimum absolute atomic E-state index is 0.154. The number of nitrogens with one attached hydrogen (secondary N) is 1. The SMILES string of the molecule is Cc1ccc(NS(=O)(=O)c2ccc(-c3nc(C4(N)CCC4)no3)cc2)cc1. The summed E-state index contributed by atoms with van der Waals surface area (Å²) in [5.41, 5.74) is 7.93. The molecule has 1 heterocycles. The number of hydrogen-bond donors (Lipinski definition) is 2. The second-order valence-electron chi connectivity index (χ2n) is 6.93. The van der Waals surface area contributed by atoms with E-state index in [2.05, 4.69) is 14.9 Å². The molecule has 1 fully saturated rings. The Morgan fingerprint density at radius 2 is 1.74 bits per heavy atom. The molecule has 0 amide bonds. The van der Waals surface area contributed by atoms with Gasteiger partial charge < -0.3 is 10.3 Å². The highest BCUT2D eigenvalue weighted by atomic mass is 32.2. The van der Waals surface area contributed by atoms with Crippen molar-refractivity contribution >= 4 is 15.7 Å². The molecule has 0 bridgehead atoms. The second-order valence-corrected chi connectivity index (χ2v) is 8.61. The summed E-state index contributed by atoms with van der Waals surface area (Å²) in [5.74, 6) is 0.832. The summed E-state index contributed by atoms with van der Waals surface area (Å²) >= 11 is 0. The van der Waals surface area contributed by atoms with Crippen molar-refractivity contribution in [3.8, 4) is 11.5 Å². The van der Waals surface area contributed by atoms with Crippen LogP contribution >= 0.6 is 0 Å². The summed E-state index contributed by atoms with van der Waals surface area (Å²) in [6.07, 6.45) is 2.74. The quantitative estimate of drug-likeness (QED) is 0.699. The third-order valence-electron chi connectivity index (χ3n) is 4.83. The van der Waals surface area contributed by atoms with E-state index in [1.165, 1.54) is 12.1 Å². The summed E-state index contributed by atoms with van der Waals surface area (Å²) < 4.78 is 32.9. The fourth-order valence-corrected chi connectivity index (χ4v) is 4.00. The minimum atomic E-state index is -3.67. The summed E-state index contributed by atoms with van der Waals surface area (Å²) in [4.78, 5) is 4.53. The minimum Gasteiger partial charge on any atom is -0.334 e. The first-order valence-electron chi connectivity index (χ1n) is 8.69. The fourth-order valence-electron chi connectivity index (χ4n) is 2.94. The average Bonchev–Trinajstić information content (AvgIpc) is 3.12. The zero-order valence-electron chi connectivity index (χ0n) is 14.8. The van der Waals surface area contributed by atoms with Crippen LogP contribution in [0.15, 0.2) is 57.9 Å². The normalized spacial score (nSPS) is 15.9. The summed E-state index contributed by atoms with van der Waals surface area (Å²) in [6, 6.07) is 13.5. The first kappa shape index (κ1) is 17.7. The van der Waals surface area contributed by atoms with E-state index in [0.29, 0.717) is 23.0 Å². The molecular weight excluding hydrogens is 364 g/mol. The zero-order chi connectivity index (χ0) is 19.1. The molecule has 2 aromatic carbocycles. The smallest absolute Gasteiger partial charge is 0.261 e. The molecule has 3 aromatic rings. The predicted octanol–water partition coefficient (Wildman–Crippen LogP) is 3.18. The molecule has 0 saturated heterocycles. The van der Waals surface area contributed by atoms with Crippen molar-refractivity contribution in [2.24, 2.45) is 5.73 Å². The van der Waals surface area contributed by atoms with E-state index < -0.39 is 15.6 Å². The lowest BCUT2D eigenvalue weighted by atomic mass is 9.77. The van der Waals surface area contributed by atoms with Crippen LogP contribution < -0.4 is 10.5 Å². The Hall–Kier alpha value is -2.71. The van der Waals surface area contributed by atoms with Gasteiger partial charge in [-0.2, -0.15) is 4.98 Å². The number of benzene rings is 2. The van der Waals surface area contributed by atoms with E-state index in [1.807, 2.05) is 19.1 Å². The molecule has 0 radical (unpaired) electrons. The van der Waals surface area contributed by atoms with Crippen molar-refractivity contribution in [3.63, 3.8) is 0 Å². The Balaban J connectivity index is 1.54. The molecule has 0 spiro atoms. The van der Waals surface area contributed by atoms with E-state index in [1.54, 1.807) is 24.3 Å². The maximum Gasteiger partial charge on any atom is 0.261 e. The fraction of sp³-hybridized carbons (Fsp3) is 0.263. The molecule has 140 valence electrons. The van der Waals surface area contributed by atoms with Gasteiger partial charge in [0.15, 0.2) is 5.82 Å². The van der Waals surface area contributed by atoms with Crippen LogP contribution in [0.3, 0.4) is 0 Å². The number of hydrogen-bond acceptors (Lipinski definition) is 6. The maximum atomic E-state index is 12.5. The van der Waals surface area contributed by atoms with E-state index in [4.69, 9.17) is 10.3 Å². The highest BCUT2D eigenvalue weighted by molar-refractivity contribution is 7.92. The van der Waals surface area contributed by atoms with E-state index in [0.717, 1.165) is 24.8 Å². The summed E-state index contributed by atoms with van der Waals surface area (Å²) in [6.45, 7) is 1.94. The third-order valence-corrected chi connectivity index (χ3v) is 6.23.